The number of rotatable bonds is 6. The molecule has 1 heterocycles. The van der Waals surface area contributed by atoms with E-state index in [2.05, 4.69) is 22.5 Å². The lowest BCUT2D eigenvalue weighted by Crippen LogP contribution is -2.56. The topological polar surface area (TPSA) is 46.9 Å². The van der Waals surface area contributed by atoms with Crippen LogP contribution in [0.5, 0.6) is 0 Å². The van der Waals surface area contributed by atoms with Crippen molar-refractivity contribution < 1.29 is 4.79 Å². The standard InChI is InChI=1S/C22H27N3OS/c1-2-7-25-19-6-4-3-5-18(19)23-22(25)27-13-20(26)24-21-16-9-14-8-15(11-16)12-17(21)10-14/h2-6,14-17,21H,1,7-13H2,(H,24,26). The lowest BCUT2D eigenvalue weighted by atomic mass is 9.54. The average Bonchev–Trinajstić information content (AvgIpc) is 3.01. The highest BCUT2D eigenvalue weighted by Crippen LogP contribution is 2.53. The molecule has 142 valence electrons. The highest BCUT2D eigenvalue weighted by atomic mass is 32.2. The van der Waals surface area contributed by atoms with Crippen LogP contribution >= 0.6 is 11.8 Å². The summed E-state index contributed by atoms with van der Waals surface area (Å²) in [6.07, 6.45) is 8.66. The third-order valence-electron chi connectivity index (χ3n) is 6.82. The summed E-state index contributed by atoms with van der Waals surface area (Å²) in [5, 5.41) is 4.30. The van der Waals surface area contributed by atoms with Crippen molar-refractivity contribution in [3.63, 3.8) is 0 Å². The van der Waals surface area contributed by atoms with Crippen LogP contribution in [-0.2, 0) is 11.3 Å². The second kappa shape index (κ2) is 7.01. The van der Waals surface area contributed by atoms with Crippen LogP contribution in [0.3, 0.4) is 0 Å². The molecule has 4 nitrogen and oxygen atoms in total. The van der Waals surface area contributed by atoms with Crippen molar-refractivity contribution in [3.05, 3.63) is 36.9 Å². The number of hydrogen-bond donors (Lipinski definition) is 1. The predicted molar refractivity (Wildman–Crippen MR) is 110 cm³/mol. The number of carbonyl (C=O) groups excluding carboxylic acids is 1. The largest absolute Gasteiger partial charge is 0.352 e. The van der Waals surface area contributed by atoms with Crippen LogP contribution in [0.2, 0.25) is 0 Å². The molecule has 4 aliphatic rings. The van der Waals surface area contributed by atoms with Gasteiger partial charge in [0.1, 0.15) is 0 Å². The van der Waals surface area contributed by atoms with Crippen molar-refractivity contribution in [1.29, 1.82) is 0 Å². The molecule has 4 aliphatic carbocycles. The molecular weight excluding hydrogens is 354 g/mol. The lowest BCUT2D eigenvalue weighted by Gasteiger charge is -2.54. The Balaban J connectivity index is 1.25. The molecule has 6 rings (SSSR count). The Kier molecular flexibility index (Phi) is 4.50. The van der Waals surface area contributed by atoms with E-state index in [1.807, 2.05) is 24.3 Å². The number of amides is 1. The van der Waals surface area contributed by atoms with Crippen molar-refractivity contribution in [2.45, 2.75) is 49.8 Å². The van der Waals surface area contributed by atoms with Gasteiger partial charge in [0.05, 0.1) is 16.8 Å². The van der Waals surface area contributed by atoms with Gasteiger partial charge in [0.2, 0.25) is 5.91 Å². The van der Waals surface area contributed by atoms with E-state index in [1.54, 1.807) is 0 Å². The molecule has 5 heteroatoms. The predicted octanol–water partition coefficient (Wildman–Crippen LogP) is 4.26. The van der Waals surface area contributed by atoms with E-state index in [0.29, 0.717) is 18.3 Å². The van der Waals surface area contributed by atoms with E-state index >= 15 is 0 Å². The molecule has 0 unspecified atom stereocenters. The van der Waals surface area contributed by atoms with Crippen molar-refractivity contribution in [2.75, 3.05) is 5.75 Å². The number of nitrogens with one attached hydrogen (secondary N) is 1. The Morgan fingerprint density at radius 1 is 1.19 bits per heavy atom. The molecular formula is C22H27N3OS. The van der Waals surface area contributed by atoms with Crippen molar-refractivity contribution in [1.82, 2.24) is 14.9 Å². The maximum absolute atomic E-state index is 12.7. The minimum absolute atomic E-state index is 0.162. The average molecular weight is 382 g/mol. The summed E-state index contributed by atoms with van der Waals surface area (Å²) in [4.78, 5) is 17.4. The Morgan fingerprint density at radius 3 is 2.59 bits per heavy atom. The molecule has 27 heavy (non-hydrogen) atoms. The number of allylic oxidation sites excluding steroid dienone is 1. The zero-order chi connectivity index (χ0) is 18.4. The summed E-state index contributed by atoms with van der Waals surface area (Å²) in [6, 6.07) is 8.54. The van der Waals surface area contributed by atoms with Crippen LogP contribution in [0, 0.1) is 23.7 Å². The Morgan fingerprint density at radius 2 is 1.89 bits per heavy atom. The quantitative estimate of drug-likeness (QED) is 0.601. The monoisotopic (exact) mass is 381 g/mol. The first-order valence-electron chi connectivity index (χ1n) is 10.2. The van der Waals surface area contributed by atoms with E-state index in [4.69, 9.17) is 4.98 Å². The molecule has 1 amide bonds. The van der Waals surface area contributed by atoms with Crippen LogP contribution in [0.15, 0.2) is 42.1 Å². The molecule has 0 spiro atoms. The van der Waals surface area contributed by atoms with Crippen LogP contribution in [-0.4, -0.2) is 27.3 Å². The maximum atomic E-state index is 12.7. The minimum Gasteiger partial charge on any atom is -0.352 e. The lowest BCUT2D eigenvalue weighted by molar-refractivity contribution is -0.122. The maximum Gasteiger partial charge on any atom is 0.230 e. The second-order valence-electron chi connectivity index (χ2n) is 8.60. The molecule has 4 fully saturated rings. The first kappa shape index (κ1) is 17.4. The third-order valence-corrected chi connectivity index (χ3v) is 7.79. The van der Waals surface area contributed by atoms with E-state index in [-0.39, 0.29) is 5.91 Å². The number of fused-ring (bicyclic) bond motifs is 1. The van der Waals surface area contributed by atoms with E-state index < -0.39 is 0 Å². The molecule has 0 aliphatic heterocycles. The zero-order valence-electron chi connectivity index (χ0n) is 15.6. The van der Waals surface area contributed by atoms with Gasteiger partial charge in [0, 0.05) is 12.6 Å². The van der Waals surface area contributed by atoms with Crippen molar-refractivity contribution in [3.8, 4) is 0 Å². The summed E-state index contributed by atoms with van der Waals surface area (Å²) in [7, 11) is 0. The summed E-state index contributed by atoms with van der Waals surface area (Å²) in [6.45, 7) is 4.57. The molecule has 2 aromatic rings. The van der Waals surface area contributed by atoms with Crippen LogP contribution in [0.4, 0.5) is 0 Å². The summed E-state index contributed by atoms with van der Waals surface area (Å²) >= 11 is 1.54. The van der Waals surface area contributed by atoms with Gasteiger partial charge in [-0.3, -0.25) is 4.79 Å². The molecule has 0 saturated heterocycles. The molecule has 1 aromatic carbocycles. The second-order valence-corrected chi connectivity index (χ2v) is 9.54. The molecule has 1 N–H and O–H groups in total. The molecule has 0 atom stereocenters. The fourth-order valence-corrected chi connectivity index (χ4v) is 6.82. The Hall–Kier alpha value is -1.75. The smallest absolute Gasteiger partial charge is 0.230 e. The van der Waals surface area contributed by atoms with Gasteiger partial charge < -0.3 is 9.88 Å². The number of benzene rings is 1. The third kappa shape index (κ3) is 3.20. The SMILES string of the molecule is C=CCn1c(SCC(=O)NC2C3CC4CC(C3)CC2C4)nc2ccccc21. The number of hydrogen-bond acceptors (Lipinski definition) is 3. The van der Waals surface area contributed by atoms with Gasteiger partial charge in [-0.2, -0.15) is 0 Å². The van der Waals surface area contributed by atoms with Crippen molar-refractivity contribution in [2.24, 2.45) is 23.7 Å². The molecule has 1 aromatic heterocycles. The normalized spacial score (nSPS) is 31.3. The highest BCUT2D eigenvalue weighted by molar-refractivity contribution is 7.99. The minimum atomic E-state index is 0.162. The molecule has 4 bridgehead atoms. The number of carbonyl (C=O) groups is 1. The molecule has 0 radical (unpaired) electrons. The number of para-hydroxylation sites is 2. The Labute approximate surface area is 164 Å². The van der Waals surface area contributed by atoms with Gasteiger partial charge in [-0.1, -0.05) is 30.0 Å². The number of imidazole rings is 1. The van der Waals surface area contributed by atoms with Crippen LogP contribution < -0.4 is 5.32 Å². The number of aromatic nitrogens is 2. The van der Waals surface area contributed by atoms with E-state index in [9.17, 15) is 4.79 Å². The summed E-state index contributed by atoms with van der Waals surface area (Å²) < 4.78 is 2.14. The number of nitrogens with zero attached hydrogens (tertiary/aromatic N) is 2. The van der Waals surface area contributed by atoms with Gasteiger partial charge in [0.25, 0.3) is 0 Å². The van der Waals surface area contributed by atoms with Crippen molar-refractivity contribution >= 4 is 28.7 Å². The first-order valence-corrected chi connectivity index (χ1v) is 11.2. The first-order chi connectivity index (χ1) is 13.2. The van der Waals surface area contributed by atoms with Crippen LogP contribution in [0.1, 0.15) is 32.1 Å². The van der Waals surface area contributed by atoms with Gasteiger partial charge in [-0.05, 0) is 67.9 Å². The van der Waals surface area contributed by atoms with Gasteiger partial charge >= 0.3 is 0 Å². The fraction of sp³-hybridized carbons (Fsp3) is 0.545. The summed E-state index contributed by atoms with van der Waals surface area (Å²) in [5.74, 6) is 3.92. The van der Waals surface area contributed by atoms with E-state index in [0.717, 1.165) is 39.9 Å². The fourth-order valence-electron chi connectivity index (χ4n) is 5.99. The van der Waals surface area contributed by atoms with E-state index in [1.165, 1.54) is 43.9 Å². The summed E-state index contributed by atoms with van der Waals surface area (Å²) in [5.41, 5.74) is 2.07. The van der Waals surface area contributed by atoms with Crippen LogP contribution in [0.25, 0.3) is 11.0 Å². The van der Waals surface area contributed by atoms with Gasteiger partial charge in [-0.15, -0.1) is 6.58 Å². The number of thioether (sulfide) groups is 1. The molecule has 4 saturated carbocycles. The zero-order valence-corrected chi connectivity index (χ0v) is 16.5. The van der Waals surface area contributed by atoms with Gasteiger partial charge in [-0.25, -0.2) is 4.98 Å². The Bertz CT molecular complexity index is 846. The highest BCUT2D eigenvalue weighted by Gasteiger charge is 2.48. The van der Waals surface area contributed by atoms with Gasteiger partial charge in [0.15, 0.2) is 5.16 Å².